The monoisotopic (exact) mass is 342 g/mol. The van der Waals surface area contributed by atoms with Crippen molar-refractivity contribution in [2.45, 2.75) is 26.7 Å². The molecular formula is C14H19BrN2OS. The summed E-state index contributed by atoms with van der Waals surface area (Å²) in [5.74, 6) is 0. The van der Waals surface area contributed by atoms with Crippen molar-refractivity contribution in [1.82, 2.24) is 4.57 Å². The molecule has 1 heterocycles. The van der Waals surface area contributed by atoms with E-state index >= 15 is 0 Å². The van der Waals surface area contributed by atoms with E-state index in [2.05, 4.69) is 33.9 Å². The van der Waals surface area contributed by atoms with Gasteiger partial charge in [-0.15, -0.1) is 11.8 Å². The first kappa shape index (κ1) is 16.2. The van der Waals surface area contributed by atoms with Gasteiger partial charge in [-0.2, -0.15) is 0 Å². The van der Waals surface area contributed by atoms with E-state index < -0.39 is 0 Å². The van der Waals surface area contributed by atoms with E-state index in [0.717, 1.165) is 28.5 Å². The Balaban J connectivity index is 3.59. The highest BCUT2D eigenvalue weighted by Gasteiger charge is 2.00. The Morgan fingerprint density at radius 3 is 2.84 bits per heavy atom. The average molecular weight is 343 g/mol. The van der Waals surface area contributed by atoms with Crippen molar-refractivity contribution in [3.63, 3.8) is 0 Å². The summed E-state index contributed by atoms with van der Waals surface area (Å²) in [6.45, 7) is 4.08. The van der Waals surface area contributed by atoms with Crippen LogP contribution in [0.4, 0.5) is 0 Å². The highest BCUT2D eigenvalue weighted by Crippen LogP contribution is 1.98. The van der Waals surface area contributed by atoms with Crippen molar-refractivity contribution in [3.8, 4) is 0 Å². The highest BCUT2D eigenvalue weighted by molar-refractivity contribution is 9.10. The minimum Gasteiger partial charge on any atom is -0.311 e. The zero-order valence-corrected chi connectivity index (χ0v) is 14.1. The van der Waals surface area contributed by atoms with Crippen LogP contribution < -0.4 is 16.1 Å². The summed E-state index contributed by atoms with van der Waals surface area (Å²) >= 11 is 4.91. The second kappa shape index (κ2) is 7.70. The standard InChI is InChI=1S/C14H19BrN2OS/c1-5-6-7-13-11(9-16-10(2)19-4)8-12(15)14(18)17(13)3/h7-9H,5-6H2,1-4H3/b11-9-,13-7-,16-10?. The fourth-order valence-electron chi connectivity index (χ4n) is 1.59. The quantitative estimate of drug-likeness (QED) is 0.623. The molecule has 0 fully saturated rings. The molecule has 0 aromatic carbocycles. The maximum atomic E-state index is 11.9. The van der Waals surface area contributed by atoms with Gasteiger partial charge in [0.1, 0.15) is 0 Å². The Hall–Kier alpha value is -0.810. The number of pyridine rings is 1. The van der Waals surface area contributed by atoms with Crippen molar-refractivity contribution >= 4 is 45.0 Å². The van der Waals surface area contributed by atoms with Crippen LogP contribution in [0.1, 0.15) is 26.7 Å². The molecule has 1 aromatic rings. The number of hydrogen-bond donors (Lipinski definition) is 0. The first-order chi connectivity index (χ1) is 9.01. The summed E-state index contributed by atoms with van der Waals surface area (Å²) in [7, 11) is 1.79. The van der Waals surface area contributed by atoms with E-state index in [1.165, 1.54) is 0 Å². The second-order valence-corrected chi connectivity index (χ2v) is 6.02. The Bertz CT molecular complexity index is 647. The molecule has 104 valence electrons. The third kappa shape index (κ3) is 4.35. The molecular weight excluding hydrogens is 324 g/mol. The van der Waals surface area contributed by atoms with Crippen molar-refractivity contribution in [2.75, 3.05) is 6.26 Å². The molecule has 1 aromatic heterocycles. The molecule has 0 unspecified atom stereocenters. The Morgan fingerprint density at radius 1 is 1.58 bits per heavy atom. The molecule has 0 saturated carbocycles. The van der Waals surface area contributed by atoms with Crippen molar-refractivity contribution < 1.29 is 0 Å². The minimum absolute atomic E-state index is 0.0231. The lowest BCUT2D eigenvalue weighted by atomic mass is 10.2. The molecule has 5 heteroatoms. The van der Waals surface area contributed by atoms with Crippen LogP contribution in [0.2, 0.25) is 0 Å². The van der Waals surface area contributed by atoms with Crippen LogP contribution in [-0.4, -0.2) is 15.9 Å². The van der Waals surface area contributed by atoms with Crippen LogP contribution in [-0.2, 0) is 7.05 Å². The lowest BCUT2D eigenvalue weighted by Crippen LogP contribution is -2.41. The predicted molar refractivity (Wildman–Crippen MR) is 89.1 cm³/mol. The lowest BCUT2D eigenvalue weighted by molar-refractivity contribution is 0.804. The molecule has 0 amide bonds. The molecule has 0 N–H and O–H groups in total. The second-order valence-electron chi connectivity index (χ2n) is 4.17. The van der Waals surface area contributed by atoms with E-state index in [-0.39, 0.29) is 5.56 Å². The van der Waals surface area contributed by atoms with E-state index in [1.807, 2.05) is 25.4 Å². The first-order valence-corrected chi connectivity index (χ1v) is 8.17. The van der Waals surface area contributed by atoms with Gasteiger partial charge in [-0.3, -0.25) is 9.79 Å². The van der Waals surface area contributed by atoms with Gasteiger partial charge in [0.05, 0.1) is 9.52 Å². The molecule has 0 radical (unpaired) electrons. The number of hydrogen-bond acceptors (Lipinski definition) is 3. The molecule has 0 atom stereocenters. The van der Waals surface area contributed by atoms with Gasteiger partial charge < -0.3 is 4.57 Å². The maximum Gasteiger partial charge on any atom is 0.265 e. The third-order valence-corrected chi connectivity index (χ3v) is 4.02. The van der Waals surface area contributed by atoms with Gasteiger partial charge in [0.25, 0.3) is 5.56 Å². The van der Waals surface area contributed by atoms with Crippen LogP contribution >= 0.6 is 27.7 Å². The zero-order valence-electron chi connectivity index (χ0n) is 11.7. The largest absolute Gasteiger partial charge is 0.311 e. The van der Waals surface area contributed by atoms with Gasteiger partial charge in [0, 0.05) is 23.8 Å². The SMILES string of the molecule is CCC/C=c1/c(=C\N=C(C)SC)cc(Br)c(=O)n1C. The number of halogens is 1. The summed E-state index contributed by atoms with van der Waals surface area (Å²) in [6, 6.07) is 1.83. The van der Waals surface area contributed by atoms with Gasteiger partial charge in [-0.1, -0.05) is 19.4 Å². The van der Waals surface area contributed by atoms with Gasteiger partial charge >= 0.3 is 0 Å². The van der Waals surface area contributed by atoms with Crippen molar-refractivity contribution in [1.29, 1.82) is 0 Å². The number of thioether (sulfide) groups is 1. The Kier molecular flexibility index (Phi) is 6.58. The fraction of sp³-hybridized carbons (Fsp3) is 0.429. The van der Waals surface area contributed by atoms with Crippen molar-refractivity contribution in [3.05, 3.63) is 31.5 Å². The van der Waals surface area contributed by atoms with Crippen LogP contribution in [0.15, 0.2) is 20.3 Å². The van der Waals surface area contributed by atoms with Gasteiger partial charge in [-0.05, 0) is 41.6 Å². The van der Waals surface area contributed by atoms with E-state index in [4.69, 9.17) is 0 Å². The number of aromatic nitrogens is 1. The molecule has 1 rings (SSSR count). The fourth-order valence-corrected chi connectivity index (χ4v) is 2.26. The summed E-state index contributed by atoms with van der Waals surface area (Å²) in [4.78, 5) is 16.3. The average Bonchev–Trinajstić information content (AvgIpc) is 2.41. The Morgan fingerprint density at radius 2 is 2.26 bits per heavy atom. The molecule has 19 heavy (non-hydrogen) atoms. The van der Waals surface area contributed by atoms with Crippen LogP contribution in [0, 0.1) is 0 Å². The molecule has 0 spiro atoms. The van der Waals surface area contributed by atoms with Crippen LogP contribution in [0.3, 0.4) is 0 Å². The van der Waals surface area contributed by atoms with Crippen molar-refractivity contribution in [2.24, 2.45) is 12.0 Å². The Labute approximate surface area is 126 Å². The maximum absolute atomic E-state index is 11.9. The summed E-state index contributed by atoms with van der Waals surface area (Å²) < 4.78 is 2.22. The lowest BCUT2D eigenvalue weighted by Gasteiger charge is -2.02. The normalized spacial score (nSPS) is 14.3. The van der Waals surface area contributed by atoms with Gasteiger partial charge in [-0.25, -0.2) is 0 Å². The molecule has 0 aliphatic rings. The van der Waals surface area contributed by atoms with E-state index in [9.17, 15) is 4.79 Å². The number of aliphatic imine (C=N–C) groups is 1. The summed E-state index contributed by atoms with van der Waals surface area (Å²) in [5, 5.41) is 2.87. The first-order valence-electron chi connectivity index (χ1n) is 6.15. The van der Waals surface area contributed by atoms with Gasteiger partial charge in [0.15, 0.2) is 0 Å². The topological polar surface area (TPSA) is 34.4 Å². The van der Waals surface area contributed by atoms with Gasteiger partial charge in [0.2, 0.25) is 0 Å². The smallest absolute Gasteiger partial charge is 0.265 e. The molecule has 0 aliphatic carbocycles. The van der Waals surface area contributed by atoms with E-state index in [0.29, 0.717) is 4.47 Å². The summed E-state index contributed by atoms with van der Waals surface area (Å²) in [6.07, 6.45) is 7.90. The minimum atomic E-state index is -0.0231. The molecule has 3 nitrogen and oxygen atoms in total. The summed E-state index contributed by atoms with van der Waals surface area (Å²) in [5.41, 5.74) is -0.0231. The zero-order chi connectivity index (χ0) is 14.4. The van der Waals surface area contributed by atoms with E-state index in [1.54, 1.807) is 23.4 Å². The molecule has 0 bridgehead atoms. The number of nitrogens with zero attached hydrogens (tertiary/aromatic N) is 2. The molecule has 0 aliphatic heterocycles. The highest BCUT2D eigenvalue weighted by atomic mass is 79.9. The number of unbranched alkanes of at least 4 members (excludes halogenated alkanes) is 1. The molecule has 0 saturated heterocycles. The van der Waals surface area contributed by atoms with Crippen LogP contribution in [0.5, 0.6) is 0 Å². The number of rotatable bonds is 3. The van der Waals surface area contributed by atoms with Crippen LogP contribution in [0.25, 0.3) is 12.3 Å². The third-order valence-electron chi connectivity index (χ3n) is 2.76. The predicted octanol–water partition coefficient (Wildman–Crippen LogP) is 2.25.